The Balaban J connectivity index is 2.61. The first-order valence-electron chi connectivity index (χ1n) is 3.62. The summed E-state index contributed by atoms with van der Waals surface area (Å²) in [6, 6.07) is 0. The standard InChI is InChI=1S/C7H14N2O/c1-5-6(3-8)4-9(2)7(5)10/h5-6H,3-4,8H2,1-2H3. The maximum absolute atomic E-state index is 11.1. The largest absolute Gasteiger partial charge is 0.345 e. The summed E-state index contributed by atoms with van der Waals surface area (Å²) in [5.41, 5.74) is 5.47. The monoisotopic (exact) mass is 142 g/mol. The molecule has 0 aliphatic carbocycles. The lowest BCUT2D eigenvalue weighted by Crippen LogP contribution is -2.21. The van der Waals surface area contributed by atoms with Crippen LogP contribution in [-0.2, 0) is 4.79 Å². The van der Waals surface area contributed by atoms with E-state index < -0.39 is 0 Å². The maximum Gasteiger partial charge on any atom is 0.225 e. The number of likely N-dealkylation sites (tertiary alicyclic amines) is 1. The third-order valence-corrected chi connectivity index (χ3v) is 2.28. The van der Waals surface area contributed by atoms with Gasteiger partial charge in [0.15, 0.2) is 0 Å². The van der Waals surface area contributed by atoms with Crippen LogP contribution in [0.25, 0.3) is 0 Å². The summed E-state index contributed by atoms with van der Waals surface area (Å²) in [4.78, 5) is 12.9. The maximum atomic E-state index is 11.1. The van der Waals surface area contributed by atoms with E-state index >= 15 is 0 Å². The number of rotatable bonds is 1. The highest BCUT2D eigenvalue weighted by Gasteiger charge is 2.33. The van der Waals surface area contributed by atoms with Crippen molar-refractivity contribution in [2.45, 2.75) is 6.92 Å². The number of carbonyl (C=O) groups is 1. The molecule has 3 nitrogen and oxygen atoms in total. The van der Waals surface area contributed by atoms with Crippen LogP contribution in [0.1, 0.15) is 6.92 Å². The summed E-state index contributed by atoms with van der Waals surface area (Å²) in [5.74, 6) is 0.739. The second kappa shape index (κ2) is 2.58. The van der Waals surface area contributed by atoms with Gasteiger partial charge in [-0.3, -0.25) is 4.79 Å². The number of nitrogens with zero attached hydrogens (tertiary/aromatic N) is 1. The molecule has 0 spiro atoms. The molecule has 0 saturated carbocycles. The molecular formula is C7H14N2O. The molecule has 1 rings (SSSR count). The predicted octanol–water partition coefficient (Wildman–Crippen LogP) is -0.331. The van der Waals surface area contributed by atoms with Gasteiger partial charge < -0.3 is 10.6 Å². The van der Waals surface area contributed by atoms with Crippen LogP contribution in [0.2, 0.25) is 0 Å². The molecule has 0 aromatic heterocycles. The van der Waals surface area contributed by atoms with E-state index in [0.717, 1.165) is 6.54 Å². The first kappa shape index (κ1) is 7.54. The van der Waals surface area contributed by atoms with Crippen molar-refractivity contribution in [1.29, 1.82) is 0 Å². The quantitative estimate of drug-likeness (QED) is 0.545. The third-order valence-electron chi connectivity index (χ3n) is 2.28. The second-order valence-corrected chi connectivity index (χ2v) is 3.00. The van der Waals surface area contributed by atoms with Crippen LogP contribution in [0.3, 0.4) is 0 Å². The number of nitrogens with two attached hydrogens (primary N) is 1. The Hall–Kier alpha value is -0.570. The lowest BCUT2D eigenvalue weighted by Gasteiger charge is -2.07. The van der Waals surface area contributed by atoms with Gasteiger partial charge in [0, 0.05) is 25.4 Å². The Morgan fingerprint density at radius 3 is 2.60 bits per heavy atom. The van der Waals surface area contributed by atoms with E-state index in [1.807, 2.05) is 14.0 Å². The summed E-state index contributed by atoms with van der Waals surface area (Å²) < 4.78 is 0. The van der Waals surface area contributed by atoms with Crippen LogP contribution in [0.4, 0.5) is 0 Å². The molecule has 1 fully saturated rings. The Labute approximate surface area is 61.2 Å². The molecule has 0 aromatic rings. The Morgan fingerprint density at radius 1 is 1.80 bits per heavy atom. The van der Waals surface area contributed by atoms with Gasteiger partial charge in [0.1, 0.15) is 0 Å². The van der Waals surface area contributed by atoms with Crippen molar-refractivity contribution in [2.24, 2.45) is 17.6 Å². The zero-order valence-electron chi connectivity index (χ0n) is 6.50. The van der Waals surface area contributed by atoms with Gasteiger partial charge in [0.25, 0.3) is 0 Å². The average Bonchev–Trinajstić information content (AvgIpc) is 2.17. The number of amides is 1. The molecule has 2 atom stereocenters. The van der Waals surface area contributed by atoms with Crippen molar-refractivity contribution in [2.75, 3.05) is 20.1 Å². The van der Waals surface area contributed by atoms with Crippen molar-refractivity contribution in [1.82, 2.24) is 4.90 Å². The Bertz CT molecular complexity index is 147. The fraction of sp³-hybridized carbons (Fsp3) is 0.857. The molecular weight excluding hydrogens is 128 g/mol. The molecule has 0 radical (unpaired) electrons. The van der Waals surface area contributed by atoms with E-state index in [1.54, 1.807) is 4.90 Å². The smallest absolute Gasteiger partial charge is 0.225 e. The molecule has 0 bridgehead atoms. The summed E-state index contributed by atoms with van der Waals surface area (Å²) >= 11 is 0. The minimum Gasteiger partial charge on any atom is -0.345 e. The highest BCUT2D eigenvalue weighted by Crippen LogP contribution is 2.21. The van der Waals surface area contributed by atoms with Crippen molar-refractivity contribution >= 4 is 5.91 Å². The summed E-state index contributed by atoms with van der Waals surface area (Å²) in [7, 11) is 1.83. The molecule has 58 valence electrons. The lowest BCUT2D eigenvalue weighted by molar-refractivity contribution is -0.129. The molecule has 10 heavy (non-hydrogen) atoms. The molecule has 1 amide bonds. The average molecular weight is 142 g/mol. The lowest BCUT2D eigenvalue weighted by atomic mass is 9.98. The van der Waals surface area contributed by atoms with Crippen LogP contribution in [0.5, 0.6) is 0 Å². The zero-order chi connectivity index (χ0) is 7.72. The number of hydrogen-bond donors (Lipinski definition) is 1. The zero-order valence-corrected chi connectivity index (χ0v) is 6.50. The van der Waals surface area contributed by atoms with E-state index in [0.29, 0.717) is 12.5 Å². The topological polar surface area (TPSA) is 46.3 Å². The third kappa shape index (κ3) is 1.01. The van der Waals surface area contributed by atoms with Gasteiger partial charge in [-0.05, 0) is 6.54 Å². The van der Waals surface area contributed by atoms with Gasteiger partial charge in [-0.15, -0.1) is 0 Å². The molecule has 1 heterocycles. The highest BCUT2D eigenvalue weighted by molar-refractivity contribution is 5.80. The van der Waals surface area contributed by atoms with Crippen molar-refractivity contribution < 1.29 is 4.79 Å². The van der Waals surface area contributed by atoms with E-state index in [9.17, 15) is 4.79 Å². The van der Waals surface area contributed by atoms with E-state index in [-0.39, 0.29) is 11.8 Å². The van der Waals surface area contributed by atoms with Crippen molar-refractivity contribution in [3.63, 3.8) is 0 Å². The minimum absolute atomic E-state index is 0.134. The van der Waals surface area contributed by atoms with Crippen LogP contribution in [0, 0.1) is 11.8 Å². The normalized spacial score (nSPS) is 33.5. The predicted molar refractivity (Wildman–Crippen MR) is 39.3 cm³/mol. The van der Waals surface area contributed by atoms with Crippen LogP contribution < -0.4 is 5.73 Å². The molecule has 2 unspecified atom stereocenters. The van der Waals surface area contributed by atoms with E-state index in [1.165, 1.54) is 0 Å². The Kier molecular flexibility index (Phi) is 1.94. The van der Waals surface area contributed by atoms with Gasteiger partial charge in [-0.2, -0.15) is 0 Å². The number of hydrogen-bond acceptors (Lipinski definition) is 2. The summed E-state index contributed by atoms with van der Waals surface area (Å²) in [6.45, 7) is 3.40. The molecule has 0 aromatic carbocycles. The second-order valence-electron chi connectivity index (χ2n) is 3.00. The molecule has 1 aliphatic rings. The molecule has 2 N–H and O–H groups in total. The van der Waals surface area contributed by atoms with E-state index in [2.05, 4.69) is 0 Å². The molecule has 1 aliphatic heterocycles. The Morgan fingerprint density at radius 2 is 2.40 bits per heavy atom. The highest BCUT2D eigenvalue weighted by atomic mass is 16.2. The summed E-state index contributed by atoms with van der Waals surface area (Å²) in [6.07, 6.45) is 0. The van der Waals surface area contributed by atoms with Crippen molar-refractivity contribution in [3.05, 3.63) is 0 Å². The molecule has 3 heteroatoms. The first-order valence-corrected chi connectivity index (χ1v) is 3.62. The van der Waals surface area contributed by atoms with E-state index in [4.69, 9.17) is 5.73 Å². The SMILES string of the molecule is CC1C(=O)N(C)CC1CN. The van der Waals surface area contributed by atoms with Gasteiger partial charge in [0.05, 0.1) is 0 Å². The summed E-state index contributed by atoms with van der Waals surface area (Å²) in [5, 5.41) is 0. The minimum atomic E-state index is 0.134. The molecule has 1 saturated heterocycles. The van der Waals surface area contributed by atoms with Gasteiger partial charge in [-0.25, -0.2) is 0 Å². The first-order chi connectivity index (χ1) is 4.66. The van der Waals surface area contributed by atoms with Gasteiger partial charge in [0.2, 0.25) is 5.91 Å². The van der Waals surface area contributed by atoms with Crippen LogP contribution >= 0.6 is 0 Å². The van der Waals surface area contributed by atoms with Crippen molar-refractivity contribution in [3.8, 4) is 0 Å². The fourth-order valence-electron chi connectivity index (χ4n) is 1.43. The van der Waals surface area contributed by atoms with Gasteiger partial charge >= 0.3 is 0 Å². The number of carbonyl (C=O) groups excluding carboxylic acids is 1. The van der Waals surface area contributed by atoms with Gasteiger partial charge in [-0.1, -0.05) is 6.92 Å². The fourth-order valence-corrected chi connectivity index (χ4v) is 1.43. The van der Waals surface area contributed by atoms with Crippen LogP contribution in [0.15, 0.2) is 0 Å². The van der Waals surface area contributed by atoms with Crippen LogP contribution in [-0.4, -0.2) is 30.9 Å².